The standard InChI is InChI=1S/C24H61O9PSi6/c1-35(2,3)26-19-20-21(29-36(4,5)6)22(30-37(7,8)9)23(31-38(10,11)12)24(27-20)28-34(25,32-39(13,14)15)33-40(16,17)18/h20-24H,19H2,1-18H3/t20-,21-,22+,23-,24-/m0/s1. The molecule has 0 N–H and O–H groups in total. The zero-order valence-electron chi connectivity index (χ0n) is 28.7. The van der Waals surface area contributed by atoms with Crippen LogP contribution in [0.1, 0.15) is 0 Å². The summed E-state index contributed by atoms with van der Waals surface area (Å²) >= 11 is 0. The van der Waals surface area contributed by atoms with Crippen molar-refractivity contribution in [2.24, 2.45) is 0 Å². The molecule has 1 aliphatic heterocycles. The van der Waals surface area contributed by atoms with Crippen LogP contribution in [0.4, 0.5) is 0 Å². The molecule has 0 aromatic carbocycles. The molecule has 0 spiro atoms. The predicted octanol–water partition coefficient (Wildman–Crippen LogP) is 8.05. The highest BCUT2D eigenvalue weighted by Crippen LogP contribution is 2.56. The third-order valence-electron chi connectivity index (χ3n) is 4.75. The zero-order valence-corrected chi connectivity index (χ0v) is 35.6. The summed E-state index contributed by atoms with van der Waals surface area (Å²) < 4.78 is 66.5. The summed E-state index contributed by atoms with van der Waals surface area (Å²) in [4.78, 5) is 0. The van der Waals surface area contributed by atoms with E-state index in [0.29, 0.717) is 6.61 Å². The lowest BCUT2D eigenvalue weighted by molar-refractivity contribution is -0.268. The monoisotopic (exact) mass is 692 g/mol. The molecule has 1 saturated heterocycles. The first-order valence-electron chi connectivity index (χ1n) is 14.4. The van der Waals surface area contributed by atoms with Crippen LogP contribution in [-0.2, 0) is 40.0 Å². The molecule has 1 aliphatic rings. The lowest BCUT2D eigenvalue weighted by Gasteiger charge is -2.51. The van der Waals surface area contributed by atoms with Crippen LogP contribution in [0.15, 0.2) is 0 Å². The lowest BCUT2D eigenvalue weighted by atomic mass is 9.99. The summed E-state index contributed by atoms with van der Waals surface area (Å²) in [7, 11) is -17.0. The number of ether oxygens (including phenoxy) is 1. The summed E-state index contributed by atoms with van der Waals surface area (Å²) in [6.07, 6.45) is -3.20. The Hall–Kier alpha value is 1.21. The molecule has 0 aromatic rings. The second-order valence-electron chi connectivity index (χ2n) is 16.5. The number of hydrogen-bond acceptors (Lipinski definition) is 9. The summed E-state index contributed by atoms with van der Waals surface area (Å²) in [5.41, 5.74) is 0. The van der Waals surface area contributed by atoms with Crippen molar-refractivity contribution in [3.05, 3.63) is 0 Å². The number of rotatable bonds is 15. The first kappa shape index (κ1) is 39.2. The first-order chi connectivity index (χ1) is 17.4. The second-order valence-corrected chi connectivity index (χ2v) is 45.4. The van der Waals surface area contributed by atoms with Gasteiger partial charge in [0.1, 0.15) is 24.4 Å². The van der Waals surface area contributed by atoms with Crippen molar-refractivity contribution in [3.8, 4) is 0 Å². The van der Waals surface area contributed by atoms with Crippen molar-refractivity contribution < 1.29 is 40.0 Å². The van der Waals surface area contributed by atoms with Crippen molar-refractivity contribution in [2.45, 2.75) is 149 Å². The summed E-state index contributed by atoms with van der Waals surface area (Å²) in [6.45, 7) is 37.8. The Morgan fingerprint density at radius 2 is 0.900 bits per heavy atom. The minimum atomic E-state index is -4.02. The fraction of sp³-hybridized carbons (Fsp3) is 1.00. The van der Waals surface area contributed by atoms with Crippen LogP contribution in [0.25, 0.3) is 0 Å². The molecular formula is C24H61O9PSi6. The molecule has 9 nitrogen and oxygen atoms in total. The minimum absolute atomic E-state index is 0.310. The summed E-state index contributed by atoms with van der Waals surface area (Å²) in [6, 6.07) is 0. The van der Waals surface area contributed by atoms with Gasteiger partial charge in [-0.25, -0.2) is 4.57 Å². The molecule has 240 valence electrons. The van der Waals surface area contributed by atoms with Crippen molar-refractivity contribution >= 4 is 57.7 Å². The molecule has 40 heavy (non-hydrogen) atoms. The lowest BCUT2D eigenvalue weighted by Crippen LogP contribution is -2.66. The Balaban J connectivity index is 3.77. The van der Waals surface area contributed by atoms with Gasteiger partial charge in [-0.3, -0.25) is 4.52 Å². The van der Waals surface area contributed by atoms with Gasteiger partial charge in [0.2, 0.25) is 0 Å². The van der Waals surface area contributed by atoms with Gasteiger partial charge in [0.15, 0.2) is 56.2 Å². The smallest absolute Gasteiger partial charge is 0.415 e. The molecule has 0 saturated carbocycles. The van der Waals surface area contributed by atoms with E-state index in [9.17, 15) is 4.57 Å². The minimum Gasteiger partial charge on any atom is -0.415 e. The van der Waals surface area contributed by atoms with Gasteiger partial charge in [0.25, 0.3) is 0 Å². The molecule has 0 amide bonds. The number of hydrogen-bond donors (Lipinski definition) is 0. The molecule has 0 unspecified atom stereocenters. The van der Waals surface area contributed by atoms with Gasteiger partial charge < -0.3 is 30.9 Å². The Bertz CT molecular complexity index is 834. The molecule has 5 atom stereocenters. The van der Waals surface area contributed by atoms with Gasteiger partial charge in [-0.1, -0.05) is 0 Å². The Kier molecular flexibility index (Phi) is 13.4. The van der Waals surface area contributed by atoms with Crippen LogP contribution in [0, 0.1) is 0 Å². The van der Waals surface area contributed by atoms with Gasteiger partial charge in [-0.2, -0.15) is 0 Å². The first-order valence-corrected chi connectivity index (χ1v) is 36.3. The normalized spacial score (nSPS) is 26.3. The maximum absolute atomic E-state index is 14.3. The van der Waals surface area contributed by atoms with E-state index in [2.05, 4.69) is 78.6 Å². The number of phosphoric acid groups is 1. The fourth-order valence-electron chi connectivity index (χ4n) is 3.92. The van der Waals surface area contributed by atoms with Crippen LogP contribution in [0.2, 0.25) is 118 Å². The SMILES string of the molecule is C[Si](C)(C)OC[C@@H]1O[C@@H](OP(=O)(O[Si](C)(C)C)O[Si](C)(C)C)[C@@H](O[Si](C)(C)C)[C@H](O[Si](C)(C)C)[C@H]1O[Si](C)(C)C. The third-order valence-corrected chi connectivity index (χ3v) is 15.4. The maximum Gasteiger partial charge on any atom is 0.457 e. The van der Waals surface area contributed by atoms with E-state index in [-0.39, 0.29) is 0 Å². The van der Waals surface area contributed by atoms with Gasteiger partial charge in [-0.15, -0.1) is 0 Å². The maximum atomic E-state index is 14.3. The Morgan fingerprint density at radius 1 is 0.525 bits per heavy atom. The largest absolute Gasteiger partial charge is 0.457 e. The third kappa shape index (κ3) is 16.3. The van der Waals surface area contributed by atoms with E-state index in [1.807, 2.05) is 39.3 Å². The quantitative estimate of drug-likeness (QED) is 0.125. The average Bonchev–Trinajstić information content (AvgIpc) is 2.58. The van der Waals surface area contributed by atoms with Crippen LogP contribution >= 0.6 is 7.82 Å². The van der Waals surface area contributed by atoms with Crippen molar-refractivity contribution in [1.82, 2.24) is 0 Å². The zero-order chi connectivity index (χ0) is 31.8. The van der Waals surface area contributed by atoms with E-state index >= 15 is 0 Å². The van der Waals surface area contributed by atoms with Gasteiger partial charge in [0.05, 0.1) is 6.61 Å². The van der Waals surface area contributed by atoms with E-state index < -0.39 is 88.4 Å². The molecule has 0 bridgehead atoms. The highest BCUT2D eigenvalue weighted by Gasteiger charge is 2.55. The molecule has 1 fully saturated rings. The highest BCUT2D eigenvalue weighted by atomic mass is 31.2. The molecule has 0 aliphatic carbocycles. The fourth-order valence-corrected chi connectivity index (χ4v) is 14.4. The Labute approximate surface area is 252 Å². The molecule has 1 rings (SSSR count). The van der Waals surface area contributed by atoms with E-state index in [1.165, 1.54) is 0 Å². The molecule has 0 radical (unpaired) electrons. The van der Waals surface area contributed by atoms with Gasteiger partial charge >= 0.3 is 7.82 Å². The summed E-state index contributed by atoms with van der Waals surface area (Å²) in [5.74, 6) is 0. The van der Waals surface area contributed by atoms with Gasteiger partial charge in [-0.05, 0) is 118 Å². The topological polar surface area (TPSA) is 90.9 Å². The van der Waals surface area contributed by atoms with Crippen molar-refractivity contribution in [3.63, 3.8) is 0 Å². The second kappa shape index (κ2) is 13.7. The predicted molar refractivity (Wildman–Crippen MR) is 180 cm³/mol. The average molecular weight is 693 g/mol. The van der Waals surface area contributed by atoms with Crippen molar-refractivity contribution in [1.29, 1.82) is 0 Å². The van der Waals surface area contributed by atoms with E-state index in [1.54, 1.807) is 0 Å². The molecule has 1 heterocycles. The van der Waals surface area contributed by atoms with E-state index in [4.69, 9.17) is 35.4 Å². The van der Waals surface area contributed by atoms with E-state index in [0.717, 1.165) is 0 Å². The Morgan fingerprint density at radius 3 is 1.25 bits per heavy atom. The van der Waals surface area contributed by atoms with Crippen LogP contribution in [-0.4, -0.2) is 87.2 Å². The van der Waals surface area contributed by atoms with Crippen LogP contribution in [0.5, 0.6) is 0 Å². The molecule has 16 heteroatoms. The summed E-state index contributed by atoms with van der Waals surface area (Å²) in [5, 5.41) is 0. The van der Waals surface area contributed by atoms with Crippen LogP contribution in [0.3, 0.4) is 0 Å². The van der Waals surface area contributed by atoms with Gasteiger partial charge in [0, 0.05) is 0 Å². The molecular weight excluding hydrogens is 632 g/mol. The highest BCUT2D eigenvalue weighted by molar-refractivity contribution is 7.52. The van der Waals surface area contributed by atoms with Crippen molar-refractivity contribution in [2.75, 3.05) is 6.61 Å². The molecule has 0 aromatic heterocycles. The van der Waals surface area contributed by atoms with Crippen LogP contribution < -0.4 is 0 Å².